The van der Waals surface area contributed by atoms with E-state index in [1.54, 1.807) is 17.0 Å². The average Bonchev–Trinajstić information content (AvgIpc) is 2.92. The van der Waals surface area contributed by atoms with E-state index in [2.05, 4.69) is 20.8 Å². The Morgan fingerprint density at radius 1 is 1.27 bits per heavy atom. The Kier molecular flexibility index (Phi) is 4.74. The summed E-state index contributed by atoms with van der Waals surface area (Å²) in [6.07, 6.45) is 1.71. The Morgan fingerprint density at radius 2 is 1.91 bits per heavy atom. The van der Waals surface area contributed by atoms with Gasteiger partial charge in [0.2, 0.25) is 0 Å². The van der Waals surface area contributed by atoms with Crippen molar-refractivity contribution in [2.45, 2.75) is 45.1 Å². The largest absolute Gasteiger partial charge is 0.460 e. The first kappa shape index (κ1) is 16.3. The quantitative estimate of drug-likeness (QED) is 0.873. The minimum absolute atomic E-state index is 0.0499. The third-order valence-electron chi connectivity index (χ3n) is 4.05. The Hall–Kier alpha value is -2.04. The SMILES string of the molecule is CC(C)(C)c1ccc(C(=O)OCC2CCCN2C(N)=O)cc1. The van der Waals surface area contributed by atoms with Crippen LogP contribution < -0.4 is 5.73 Å². The lowest BCUT2D eigenvalue weighted by Crippen LogP contribution is -2.41. The van der Waals surface area contributed by atoms with Crippen molar-refractivity contribution < 1.29 is 14.3 Å². The number of urea groups is 1. The lowest BCUT2D eigenvalue weighted by Gasteiger charge is -2.22. The summed E-state index contributed by atoms with van der Waals surface area (Å²) < 4.78 is 5.33. The van der Waals surface area contributed by atoms with Crippen LogP contribution in [0.4, 0.5) is 4.79 Å². The van der Waals surface area contributed by atoms with Crippen molar-refractivity contribution in [1.29, 1.82) is 0 Å². The molecule has 0 saturated carbocycles. The molecule has 0 aromatic heterocycles. The maximum Gasteiger partial charge on any atom is 0.338 e. The zero-order chi connectivity index (χ0) is 16.3. The Morgan fingerprint density at radius 3 is 2.45 bits per heavy atom. The monoisotopic (exact) mass is 304 g/mol. The molecule has 2 rings (SSSR count). The van der Waals surface area contributed by atoms with Crippen molar-refractivity contribution in [2.75, 3.05) is 13.2 Å². The molecule has 1 unspecified atom stereocenters. The highest BCUT2D eigenvalue weighted by atomic mass is 16.5. The number of primary amides is 1. The zero-order valence-corrected chi connectivity index (χ0v) is 13.5. The molecule has 22 heavy (non-hydrogen) atoms. The van der Waals surface area contributed by atoms with Gasteiger partial charge in [-0.3, -0.25) is 0 Å². The van der Waals surface area contributed by atoms with Crippen molar-refractivity contribution in [2.24, 2.45) is 5.73 Å². The summed E-state index contributed by atoms with van der Waals surface area (Å²) in [4.78, 5) is 24.9. The van der Waals surface area contributed by atoms with Gasteiger partial charge in [-0.25, -0.2) is 9.59 Å². The number of benzene rings is 1. The van der Waals surface area contributed by atoms with E-state index in [4.69, 9.17) is 10.5 Å². The number of amides is 2. The number of likely N-dealkylation sites (tertiary alicyclic amines) is 1. The second kappa shape index (κ2) is 6.38. The van der Waals surface area contributed by atoms with Crippen LogP contribution in [0.2, 0.25) is 0 Å². The fraction of sp³-hybridized carbons (Fsp3) is 0.529. The van der Waals surface area contributed by atoms with E-state index in [9.17, 15) is 9.59 Å². The van der Waals surface area contributed by atoms with Gasteiger partial charge >= 0.3 is 12.0 Å². The summed E-state index contributed by atoms with van der Waals surface area (Å²) >= 11 is 0. The van der Waals surface area contributed by atoms with Crippen LogP contribution in [0.5, 0.6) is 0 Å². The van der Waals surface area contributed by atoms with Gasteiger partial charge in [0.25, 0.3) is 0 Å². The summed E-state index contributed by atoms with van der Waals surface area (Å²) in [5.74, 6) is -0.364. The van der Waals surface area contributed by atoms with Crippen LogP contribution in [-0.2, 0) is 10.2 Å². The van der Waals surface area contributed by atoms with Crippen LogP contribution >= 0.6 is 0 Å². The van der Waals surface area contributed by atoms with Crippen LogP contribution in [0.15, 0.2) is 24.3 Å². The van der Waals surface area contributed by atoms with Crippen molar-refractivity contribution in [3.05, 3.63) is 35.4 Å². The molecule has 1 aliphatic heterocycles. The lowest BCUT2D eigenvalue weighted by molar-refractivity contribution is 0.0422. The van der Waals surface area contributed by atoms with Crippen LogP contribution in [0, 0.1) is 0 Å². The molecule has 120 valence electrons. The van der Waals surface area contributed by atoms with Gasteiger partial charge < -0.3 is 15.4 Å². The molecule has 1 fully saturated rings. The van der Waals surface area contributed by atoms with Crippen LogP contribution in [0.3, 0.4) is 0 Å². The lowest BCUT2D eigenvalue weighted by atomic mass is 9.87. The Labute approximate surface area is 131 Å². The number of nitrogens with two attached hydrogens (primary N) is 1. The molecule has 1 aliphatic rings. The number of hydrogen-bond donors (Lipinski definition) is 1. The van der Waals surface area contributed by atoms with Gasteiger partial charge in [-0.05, 0) is 36.0 Å². The maximum absolute atomic E-state index is 12.1. The highest BCUT2D eigenvalue weighted by Crippen LogP contribution is 2.22. The van der Waals surface area contributed by atoms with Gasteiger partial charge in [-0.15, -0.1) is 0 Å². The smallest absolute Gasteiger partial charge is 0.338 e. The minimum atomic E-state index is -0.451. The first-order valence-corrected chi connectivity index (χ1v) is 7.63. The van der Waals surface area contributed by atoms with Crippen molar-refractivity contribution in [1.82, 2.24) is 4.90 Å². The second-order valence-corrected chi connectivity index (χ2v) is 6.75. The number of rotatable bonds is 3. The first-order chi connectivity index (χ1) is 10.3. The van der Waals surface area contributed by atoms with Gasteiger partial charge in [-0.2, -0.15) is 0 Å². The van der Waals surface area contributed by atoms with E-state index in [0.29, 0.717) is 12.1 Å². The molecule has 1 aromatic carbocycles. The molecule has 1 saturated heterocycles. The van der Waals surface area contributed by atoms with Crippen LogP contribution in [0.1, 0.15) is 49.5 Å². The topological polar surface area (TPSA) is 72.6 Å². The van der Waals surface area contributed by atoms with Gasteiger partial charge in [0.15, 0.2) is 0 Å². The first-order valence-electron chi connectivity index (χ1n) is 7.63. The fourth-order valence-corrected chi connectivity index (χ4v) is 2.66. The van der Waals surface area contributed by atoms with E-state index in [1.165, 1.54) is 5.56 Å². The molecule has 0 aliphatic carbocycles. The van der Waals surface area contributed by atoms with Gasteiger partial charge in [0.1, 0.15) is 6.61 Å². The number of esters is 1. The average molecular weight is 304 g/mol. The summed E-state index contributed by atoms with van der Waals surface area (Å²) in [5.41, 5.74) is 7.05. The van der Waals surface area contributed by atoms with Crippen LogP contribution in [-0.4, -0.2) is 36.1 Å². The normalized spacial score (nSPS) is 18.3. The Bertz CT molecular complexity index is 546. The molecule has 0 radical (unpaired) electrons. The molecule has 5 nitrogen and oxygen atoms in total. The summed E-state index contributed by atoms with van der Waals surface area (Å²) in [7, 11) is 0. The fourth-order valence-electron chi connectivity index (χ4n) is 2.66. The molecule has 1 heterocycles. The number of hydrogen-bond acceptors (Lipinski definition) is 3. The van der Waals surface area contributed by atoms with E-state index in [0.717, 1.165) is 12.8 Å². The minimum Gasteiger partial charge on any atom is -0.460 e. The molecule has 1 aromatic rings. The summed E-state index contributed by atoms with van der Waals surface area (Å²) in [6, 6.07) is 6.90. The van der Waals surface area contributed by atoms with Gasteiger partial charge in [0, 0.05) is 6.54 Å². The van der Waals surface area contributed by atoms with Crippen LogP contribution in [0.25, 0.3) is 0 Å². The number of carbonyl (C=O) groups excluding carboxylic acids is 2. The predicted molar refractivity (Wildman–Crippen MR) is 84.7 cm³/mol. The molecule has 1 atom stereocenters. The van der Waals surface area contributed by atoms with Crippen molar-refractivity contribution >= 4 is 12.0 Å². The standard InChI is InChI=1S/C17H24N2O3/c1-17(2,3)13-8-6-12(7-9-13)15(20)22-11-14-5-4-10-19(14)16(18)21/h6-9,14H,4-5,10-11H2,1-3H3,(H2,18,21). The van der Waals surface area contributed by atoms with E-state index < -0.39 is 6.03 Å². The maximum atomic E-state index is 12.1. The summed E-state index contributed by atoms with van der Waals surface area (Å²) in [5, 5.41) is 0. The third-order valence-corrected chi connectivity index (χ3v) is 4.05. The molecule has 0 spiro atoms. The van der Waals surface area contributed by atoms with E-state index >= 15 is 0 Å². The molecule has 5 heteroatoms. The number of carbonyl (C=O) groups is 2. The molecule has 0 bridgehead atoms. The predicted octanol–water partition coefficient (Wildman–Crippen LogP) is 2.68. The van der Waals surface area contributed by atoms with E-state index in [1.807, 2.05) is 12.1 Å². The van der Waals surface area contributed by atoms with Crippen molar-refractivity contribution in [3.63, 3.8) is 0 Å². The summed E-state index contributed by atoms with van der Waals surface area (Å²) in [6.45, 7) is 7.21. The number of nitrogens with zero attached hydrogens (tertiary/aromatic N) is 1. The molecular weight excluding hydrogens is 280 g/mol. The molecular formula is C17H24N2O3. The third kappa shape index (κ3) is 3.78. The Balaban J connectivity index is 1.94. The zero-order valence-electron chi connectivity index (χ0n) is 13.5. The molecule has 2 amide bonds. The van der Waals surface area contributed by atoms with Gasteiger partial charge in [0.05, 0.1) is 11.6 Å². The number of ether oxygens (including phenoxy) is 1. The highest BCUT2D eigenvalue weighted by molar-refractivity contribution is 5.89. The van der Waals surface area contributed by atoms with Crippen molar-refractivity contribution in [3.8, 4) is 0 Å². The second-order valence-electron chi connectivity index (χ2n) is 6.75. The van der Waals surface area contributed by atoms with E-state index in [-0.39, 0.29) is 24.0 Å². The molecule has 2 N–H and O–H groups in total. The highest BCUT2D eigenvalue weighted by Gasteiger charge is 2.28. The van der Waals surface area contributed by atoms with Gasteiger partial charge in [-0.1, -0.05) is 32.9 Å².